The van der Waals surface area contributed by atoms with Crippen LogP contribution in [0.5, 0.6) is 5.75 Å². The van der Waals surface area contributed by atoms with Gasteiger partial charge in [0.15, 0.2) is 5.96 Å². The number of methoxy groups -OCH3 is 1. The highest BCUT2D eigenvalue weighted by molar-refractivity contribution is 5.79. The molecule has 29 heavy (non-hydrogen) atoms. The Morgan fingerprint density at radius 2 is 2.03 bits per heavy atom. The number of nitrogens with zero attached hydrogens (tertiary/aromatic N) is 1. The van der Waals surface area contributed by atoms with Gasteiger partial charge < -0.3 is 24.5 Å². The third kappa shape index (κ3) is 5.54. The fraction of sp³-hybridized carbons (Fsp3) is 0.522. The maximum absolute atomic E-state index is 5.71. The van der Waals surface area contributed by atoms with Gasteiger partial charge in [-0.2, -0.15) is 0 Å². The molecule has 6 heteroatoms. The van der Waals surface area contributed by atoms with Gasteiger partial charge in [-0.3, -0.25) is 4.99 Å². The highest BCUT2D eigenvalue weighted by Gasteiger charge is 2.37. The van der Waals surface area contributed by atoms with Crippen LogP contribution in [0.2, 0.25) is 0 Å². The van der Waals surface area contributed by atoms with Crippen molar-refractivity contribution in [1.82, 2.24) is 10.6 Å². The molecule has 1 aromatic carbocycles. The van der Waals surface area contributed by atoms with Gasteiger partial charge in [-0.25, -0.2) is 0 Å². The first kappa shape index (κ1) is 21.2. The number of guanidine groups is 1. The summed E-state index contributed by atoms with van der Waals surface area (Å²) in [6.07, 6.45) is 4.39. The highest BCUT2D eigenvalue weighted by Crippen LogP contribution is 2.40. The molecule has 1 saturated heterocycles. The summed E-state index contributed by atoms with van der Waals surface area (Å²) >= 11 is 0. The fourth-order valence-electron chi connectivity index (χ4n) is 3.84. The van der Waals surface area contributed by atoms with E-state index in [0.29, 0.717) is 6.54 Å². The molecular weight excluding hydrogens is 366 g/mol. The van der Waals surface area contributed by atoms with Crippen LogP contribution in [0.15, 0.2) is 46.0 Å². The van der Waals surface area contributed by atoms with E-state index in [1.54, 1.807) is 13.4 Å². The Hall–Kier alpha value is -2.47. The topological polar surface area (TPSA) is 68.0 Å². The molecule has 1 fully saturated rings. The van der Waals surface area contributed by atoms with Crippen LogP contribution in [0.25, 0.3) is 0 Å². The van der Waals surface area contributed by atoms with Gasteiger partial charge in [0.05, 0.1) is 19.9 Å². The maximum Gasteiger partial charge on any atom is 0.191 e. The van der Waals surface area contributed by atoms with Crippen LogP contribution >= 0.6 is 0 Å². The van der Waals surface area contributed by atoms with Crippen LogP contribution in [0.1, 0.15) is 36.7 Å². The van der Waals surface area contributed by atoms with E-state index in [1.165, 1.54) is 11.1 Å². The van der Waals surface area contributed by atoms with Gasteiger partial charge in [0.1, 0.15) is 11.5 Å². The van der Waals surface area contributed by atoms with Crippen LogP contribution in [0.3, 0.4) is 0 Å². The molecule has 0 unspecified atom stereocenters. The van der Waals surface area contributed by atoms with Crippen LogP contribution < -0.4 is 15.4 Å². The number of hydrogen-bond acceptors (Lipinski definition) is 4. The first-order valence-corrected chi connectivity index (χ1v) is 10.4. The summed E-state index contributed by atoms with van der Waals surface area (Å²) in [5, 5.41) is 6.78. The van der Waals surface area contributed by atoms with Crippen molar-refractivity contribution in [3.05, 3.63) is 53.5 Å². The Morgan fingerprint density at radius 3 is 2.72 bits per heavy atom. The van der Waals surface area contributed by atoms with Gasteiger partial charge in [-0.05, 0) is 44.9 Å². The van der Waals surface area contributed by atoms with Crippen molar-refractivity contribution in [3.63, 3.8) is 0 Å². The molecule has 0 saturated carbocycles. The number of benzene rings is 1. The summed E-state index contributed by atoms with van der Waals surface area (Å²) in [7, 11) is 1.74. The lowest BCUT2D eigenvalue weighted by Gasteiger charge is -2.37. The lowest BCUT2D eigenvalue weighted by molar-refractivity contribution is 0.0522. The van der Waals surface area contributed by atoms with Crippen LogP contribution in [0, 0.1) is 6.92 Å². The molecule has 0 atom stereocenters. The predicted octanol–water partition coefficient (Wildman–Crippen LogP) is 3.44. The molecule has 0 radical (unpaired) electrons. The second-order valence-corrected chi connectivity index (χ2v) is 7.55. The summed E-state index contributed by atoms with van der Waals surface area (Å²) in [6, 6.07) is 10.3. The quantitative estimate of drug-likeness (QED) is 0.526. The minimum absolute atomic E-state index is 0.0843. The lowest BCUT2D eigenvalue weighted by atomic mass is 9.73. The molecule has 0 amide bonds. The van der Waals surface area contributed by atoms with Crippen molar-refractivity contribution in [2.75, 3.05) is 40.0 Å². The molecule has 0 spiro atoms. The van der Waals surface area contributed by atoms with Gasteiger partial charge >= 0.3 is 0 Å². The molecule has 158 valence electrons. The zero-order chi connectivity index (χ0) is 20.5. The van der Waals surface area contributed by atoms with Gasteiger partial charge in [0, 0.05) is 43.7 Å². The molecule has 2 heterocycles. The standard InChI is InChI=1S/C23H33N3O3/c1-4-24-22(25-12-9-19-6-5-13-29-19)26-17-23(10-14-28-15-11-23)20-16-18(2)7-8-21(20)27-3/h5-8,13,16H,4,9-12,14-15,17H2,1-3H3,(H2,24,25,26). The predicted molar refractivity (Wildman–Crippen MR) is 116 cm³/mol. The maximum atomic E-state index is 5.71. The van der Waals surface area contributed by atoms with Gasteiger partial charge in [0.2, 0.25) is 0 Å². The number of rotatable bonds is 8. The van der Waals surface area contributed by atoms with E-state index in [1.807, 2.05) is 12.1 Å². The number of furan rings is 1. The van der Waals surface area contributed by atoms with E-state index in [2.05, 4.69) is 42.7 Å². The minimum Gasteiger partial charge on any atom is -0.496 e. The first-order valence-electron chi connectivity index (χ1n) is 10.4. The second kappa shape index (κ2) is 10.3. The third-order valence-electron chi connectivity index (χ3n) is 5.50. The van der Waals surface area contributed by atoms with Gasteiger partial charge in [0.25, 0.3) is 0 Å². The van der Waals surface area contributed by atoms with Crippen molar-refractivity contribution in [1.29, 1.82) is 0 Å². The Balaban J connectivity index is 1.78. The molecule has 2 N–H and O–H groups in total. The fourth-order valence-corrected chi connectivity index (χ4v) is 3.84. The molecule has 2 aromatic rings. The summed E-state index contributed by atoms with van der Waals surface area (Å²) in [5.74, 6) is 2.73. The van der Waals surface area contributed by atoms with Crippen LogP contribution in [-0.2, 0) is 16.6 Å². The Kier molecular flexibility index (Phi) is 7.58. The number of ether oxygens (including phenoxy) is 2. The zero-order valence-corrected chi connectivity index (χ0v) is 17.8. The molecular formula is C23H33N3O3. The number of aliphatic imine (C=N–C) groups is 1. The van der Waals surface area contributed by atoms with E-state index in [0.717, 1.165) is 63.0 Å². The molecule has 1 aliphatic heterocycles. The van der Waals surface area contributed by atoms with Crippen molar-refractivity contribution < 1.29 is 13.9 Å². The Bertz CT molecular complexity index is 781. The number of aryl methyl sites for hydroxylation is 1. The molecule has 6 nitrogen and oxygen atoms in total. The molecule has 1 aliphatic rings. The number of hydrogen-bond donors (Lipinski definition) is 2. The van der Waals surface area contributed by atoms with E-state index >= 15 is 0 Å². The van der Waals surface area contributed by atoms with E-state index < -0.39 is 0 Å². The highest BCUT2D eigenvalue weighted by atomic mass is 16.5. The monoisotopic (exact) mass is 399 g/mol. The van der Waals surface area contributed by atoms with E-state index in [4.69, 9.17) is 18.9 Å². The summed E-state index contributed by atoms with van der Waals surface area (Å²) < 4.78 is 16.8. The van der Waals surface area contributed by atoms with Crippen molar-refractivity contribution >= 4 is 5.96 Å². The van der Waals surface area contributed by atoms with E-state index in [-0.39, 0.29) is 5.41 Å². The van der Waals surface area contributed by atoms with Crippen molar-refractivity contribution in [3.8, 4) is 5.75 Å². The van der Waals surface area contributed by atoms with Gasteiger partial charge in [-0.1, -0.05) is 17.7 Å². The zero-order valence-electron chi connectivity index (χ0n) is 17.8. The van der Waals surface area contributed by atoms with Crippen molar-refractivity contribution in [2.45, 2.75) is 38.5 Å². The molecule has 1 aromatic heterocycles. The normalized spacial score (nSPS) is 16.4. The largest absolute Gasteiger partial charge is 0.496 e. The van der Waals surface area contributed by atoms with Crippen LogP contribution in [0.4, 0.5) is 0 Å². The average Bonchev–Trinajstić information content (AvgIpc) is 3.26. The van der Waals surface area contributed by atoms with Crippen molar-refractivity contribution in [2.24, 2.45) is 4.99 Å². The third-order valence-corrected chi connectivity index (χ3v) is 5.50. The lowest BCUT2D eigenvalue weighted by Crippen LogP contribution is -2.42. The molecule has 0 aliphatic carbocycles. The molecule has 0 bridgehead atoms. The molecule has 3 rings (SSSR count). The SMILES string of the molecule is CCNC(=NCC1(c2cc(C)ccc2OC)CCOCC1)NCCc1ccco1. The Morgan fingerprint density at radius 1 is 1.21 bits per heavy atom. The summed E-state index contributed by atoms with van der Waals surface area (Å²) in [4.78, 5) is 4.96. The average molecular weight is 400 g/mol. The van der Waals surface area contributed by atoms with Crippen LogP contribution in [-0.4, -0.2) is 45.9 Å². The summed E-state index contributed by atoms with van der Waals surface area (Å²) in [5.41, 5.74) is 2.39. The summed E-state index contributed by atoms with van der Waals surface area (Å²) in [6.45, 7) is 7.97. The minimum atomic E-state index is -0.0843. The van der Waals surface area contributed by atoms with Gasteiger partial charge in [-0.15, -0.1) is 0 Å². The second-order valence-electron chi connectivity index (χ2n) is 7.55. The van der Waals surface area contributed by atoms with E-state index in [9.17, 15) is 0 Å². The first-order chi connectivity index (χ1) is 14.2. The number of nitrogens with one attached hydrogen (secondary N) is 2. The Labute approximate surface area is 173 Å². The smallest absolute Gasteiger partial charge is 0.191 e.